The number of aliphatic carboxylic acids is 1. The Morgan fingerprint density at radius 2 is 2.21 bits per heavy atom. The average molecular weight is 216 g/mol. The molecule has 0 bridgehead atoms. The zero-order valence-corrected chi connectivity index (χ0v) is 7.75. The third-order valence-electron chi connectivity index (χ3n) is 1.53. The largest absolute Gasteiger partial charge is 0.478 e. The van der Waals surface area contributed by atoms with Crippen molar-refractivity contribution in [2.75, 3.05) is 5.73 Å². The second-order valence-electron chi connectivity index (χ2n) is 2.56. The molecular formula is C9H7ClFNO2. The summed E-state index contributed by atoms with van der Waals surface area (Å²) in [5, 5.41) is 8.52. The predicted molar refractivity (Wildman–Crippen MR) is 52.5 cm³/mol. The van der Waals surface area contributed by atoms with E-state index >= 15 is 0 Å². The van der Waals surface area contributed by atoms with Crippen LogP contribution in [0.5, 0.6) is 0 Å². The molecule has 0 atom stereocenters. The lowest BCUT2D eigenvalue weighted by molar-refractivity contribution is -0.131. The van der Waals surface area contributed by atoms with Crippen LogP contribution in [0, 0.1) is 5.82 Å². The maximum absolute atomic E-state index is 13.0. The van der Waals surface area contributed by atoms with E-state index in [1.807, 2.05) is 0 Å². The van der Waals surface area contributed by atoms with Crippen LogP contribution in [-0.4, -0.2) is 11.1 Å². The van der Waals surface area contributed by atoms with Crippen molar-refractivity contribution in [3.8, 4) is 0 Å². The number of rotatable bonds is 2. The number of nitrogens with two attached hydrogens (primary N) is 1. The molecule has 0 aliphatic heterocycles. The summed E-state index contributed by atoms with van der Waals surface area (Å²) in [5.41, 5.74) is 5.49. The fraction of sp³-hybridized carbons (Fsp3) is 0. The van der Waals surface area contributed by atoms with Crippen molar-refractivity contribution >= 4 is 29.3 Å². The van der Waals surface area contributed by atoms with E-state index in [1.54, 1.807) is 0 Å². The summed E-state index contributed by atoms with van der Waals surface area (Å²) in [6.07, 6.45) is 2.05. The highest BCUT2D eigenvalue weighted by Gasteiger charge is 2.04. The first-order chi connectivity index (χ1) is 6.50. The molecule has 14 heavy (non-hydrogen) atoms. The second kappa shape index (κ2) is 4.11. The van der Waals surface area contributed by atoms with Gasteiger partial charge in [-0.3, -0.25) is 0 Å². The van der Waals surface area contributed by atoms with Crippen LogP contribution < -0.4 is 5.73 Å². The second-order valence-corrected chi connectivity index (χ2v) is 3.00. The molecule has 0 unspecified atom stereocenters. The highest BCUT2D eigenvalue weighted by atomic mass is 35.5. The summed E-state index contributed by atoms with van der Waals surface area (Å²) in [6.45, 7) is 0. The summed E-state index contributed by atoms with van der Waals surface area (Å²) in [4.78, 5) is 10.2. The Morgan fingerprint density at radius 3 is 2.79 bits per heavy atom. The van der Waals surface area contributed by atoms with Crippen molar-refractivity contribution in [1.82, 2.24) is 0 Å². The molecular weight excluding hydrogens is 209 g/mol. The summed E-state index contributed by atoms with van der Waals surface area (Å²) in [5.74, 6) is -1.80. The molecule has 0 amide bonds. The third-order valence-corrected chi connectivity index (χ3v) is 1.75. The molecule has 0 aromatic heterocycles. The van der Waals surface area contributed by atoms with Crippen LogP contribution >= 0.6 is 11.6 Å². The number of carboxylic acids is 1. The minimum absolute atomic E-state index is 0.119. The van der Waals surface area contributed by atoms with Crippen molar-refractivity contribution in [1.29, 1.82) is 0 Å². The Kier molecular flexibility index (Phi) is 3.09. The number of hydrogen-bond donors (Lipinski definition) is 2. The van der Waals surface area contributed by atoms with E-state index in [1.165, 1.54) is 12.1 Å². The van der Waals surface area contributed by atoms with Crippen molar-refractivity contribution in [2.45, 2.75) is 0 Å². The van der Waals surface area contributed by atoms with Crippen LogP contribution in [0.4, 0.5) is 10.1 Å². The van der Waals surface area contributed by atoms with E-state index in [4.69, 9.17) is 22.4 Å². The maximum Gasteiger partial charge on any atom is 0.328 e. The molecule has 3 nitrogen and oxygen atoms in total. The van der Waals surface area contributed by atoms with Gasteiger partial charge in [-0.15, -0.1) is 0 Å². The molecule has 74 valence electrons. The minimum atomic E-state index is -1.13. The zero-order valence-electron chi connectivity index (χ0n) is 7.00. The smallest absolute Gasteiger partial charge is 0.328 e. The van der Waals surface area contributed by atoms with Crippen molar-refractivity contribution in [2.24, 2.45) is 0 Å². The Balaban J connectivity index is 3.14. The predicted octanol–water partition coefficient (Wildman–Crippen LogP) is 2.16. The number of anilines is 1. The number of nitrogen functional groups attached to an aromatic ring is 1. The van der Waals surface area contributed by atoms with Gasteiger partial charge in [0.05, 0.1) is 5.69 Å². The number of halogens is 2. The molecule has 1 aromatic rings. The van der Waals surface area contributed by atoms with Gasteiger partial charge in [0, 0.05) is 16.7 Å². The van der Waals surface area contributed by atoms with Gasteiger partial charge in [-0.2, -0.15) is 0 Å². The number of carbonyl (C=O) groups is 1. The van der Waals surface area contributed by atoms with Crippen molar-refractivity contribution in [3.05, 3.63) is 34.6 Å². The first-order valence-corrected chi connectivity index (χ1v) is 4.04. The molecule has 0 saturated heterocycles. The van der Waals surface area contributed by atoms with Gasteiger partial charge in [-0.1, -0.05) is 11.6 Å². The van der Waals surface area contributed by atoms with Crippen LogP contribution in [-0.2, 0) is 4.79 Å². The van der Waals surface area contributed by atoms with E-state index in [0.717, 1.165) is 12.1 Å². The summed E-state index contributed by atoms with van der Waals surface area (Å²) in [7, 11) is 0. The zero-order chi connectivity index (χ0) is 10.7. The van der Waals surface area contributed by atoms with E-state index < -0.39 is 11.8 Å². The minimum Gasteiger partial charge on any atom is -0.478 e. The lowest BCUT2D eigenvalue weighted by Gasteiger charge is -2.02. The van der Waals surface area contributed by atoms with Crippen LogP contribution in [0.15, 0.2) is 18.2 Å². The van der Waals surface area contributed by atoms with E-state index in [9.17, 15) is 9.18 Å². The van der Waals surface area contributed by atoms with Crippen LogP contribution in [0.3, 0.4) is 0 Å². The lowest BCUT2D eigenvalue weighted by Crippen LogP contribution is -1.95. The molecule has 0 aliphatic carbocycles. The molecule has 1 aromatic carbocycles. The summed E-state index contributed by atoms with van der Waals surface area (Å²) in [6, 6.07) is 2.45. The fourth-order valence-electron chi connectivity index (χ4n) is 0.904. The highest BCUT2D eigenvalue weighted by molar-refractivity contribution is 6.30. The fourth-order valence-corrected chi connectivity index (χ4v) is 1.12. The lowest BCUT2D eigenvalue weighted by atomic mass is 10.1. The topological polar surface area (TPSA) is 63.3 Å². The van der Waals surface area contributed by atoms with Crippen LogP contribution in [0.1, 0.15) is 5.56 Å². The average Bonchev–Trinajstić information content (AvgIpc) is 2.08. The molecule has 3 N–H and O–H groups in total. The molecule has 0 fully saturated rings. The molecule has 0 heterocycles. The van der Waals surface area contributed by atoms with Gasteiger partial charge >= 0.3 is 5.97 Å². The number of carboxylic acid groups (broad SMARTS) is 1. The molecule has 0 spiro atoms. The quantitative estimate of drug-likeness (QED) is 0.587. The van der Waals surface area contributed by atoms with E-state index in [2.05, 4.69) is 0 Å². The molecule has 5 heteroatoms. The van der Waals surface area contributed by atoms with Crippen molar-refractivity contribution < 1.29 is 14.3 Å². The normalized spacial score (nSPS) is 10.7. The third kappa shape index (κ3) is 2.47. The number of hydrogen-bond acceptors (Lipinski definition) is 2. The van der Waals surface area contributed by atoms with Gasteiger partial charge < -0.3 is 10.8 Å². The molecule has 0 radical (unpaired) electrons. The van der Waals surface area contributed by atoms with E-state index in [0.29, 0.717) is 0 Å². The van der Waals surface area contributed by atoms with Crippen molar-refractivity contribution in [3.63, 3.8) is 0 Å². The highest BCUT2D eigenvalue weighted by Crippen LogP contribution is 2.22. The van der Waals surface area contributed by atoms with E-state index in [-0.39, 0.29) is 16.3 Å². The first-order valence-electron chi connectivity index (χ1n) is 3.66. The number of benzene rings is 1. The maximum atomic E-state index is 13.0. The molecule has 1 rings (SSSR count). The Morgan fingerprint density at radius 1 is 1.57 bits per heavy atom. The molecule has 0 aliphatic rings. The molecule has 0 saturated carbocycles. The first kappa shape index (κ1) is 10.5. The standard InChI is InChI=1S/C9H7ClFNO2/c10-6-3-5(1-2-8(13)14)9(12)7(11)4-6/h1-4H,12H2,(H,13,14). The SMILES string of the molecule is Nc1c(F)cc(Cl)cc1C=CC(=O)O. The van der Waals surface area contributed by atoms with Gasteiger partial charge in [-0.05, 0) is 18.2 Å². The summed E-state index contributed by atoms with van der Waals surface area (Å²) >= 11 is 5.56. The van der Waals surface area contributed by atoms with Crippen LogP contribution in [0.25, 0.3) is 6.08 Å². The Bertz CT molecular complexity index is 404. The Labute approximate surface area is 84.6 Å². The van der Waals surface area contributed by atoms with Gasteiger partial charge in [0.1, 0.15) is 5.82 Å². The van der Waals surface area contributed by atoms with Gasteiger partial charge in [0.25, 0.3) is 0 Å². The van der Waals surface area contributed by atoms with Gasteiger partial charge in [-0.25, -0.2) is 9.18 Å². The van der Waals surface area contributed by atoms with Gasteiger partial charge in [0.2, 0.25) is 0 Å². The van der Waals surface area contributed by atoms with Crippen LogP contribution in [0.2, 0.25) is 5.02 Å². The monoisotopic (exact) mass is 215 g/mol. The summed E-state index contributed by atoms with van der Waals surface area (Å²) < 4.78 is 13.0. The van der Waals surface area contributed by atoms with Gasteiger partial charge in [0.15, 0.2) is 0 Å². The Hall–Kier alpha value is -1.55.